The maximum absolute atomic E-state index is 9.60. The molecule has 9 heteroatoms. The summed E-state index contributed by atoms with van der Waals surface area (Å²) in [6.45, 7) is 4.00. The van der Waals surface area contributed by atoms with Crippen molar-refractivity contribution in [1.82, 2.24) is 0 Å². The number of nitrogens with two attached hydrogens (primary N) is 1. The number of aliphatic carboxylic acids is 2. The van der Waals surface area contributed by atoms with Crippen LogP contribution in [0.15, 0.2) is 0 Å². The van der Waals surface area contributed by atoms with E-state index < -0.39 is 18.0 Å². The predicted molar refractivity (Wildman–Crippen MR) is 42.6 cm³/mol. The normalized spacial score (nSPS) is 5.94. The van der Waals surface area contributed by atoms with E-state index in [1.165, 1.54) is 0 Å². The minimum atomic E-state index is -1.08. The Bertz CT molecular complexity index is 168. The molecule has 0 aliphatic rings. The molecule has 16 heavy (non-hydrogen) atoms. The van der Waals surface area contributed by atoms with Gasteiger partial charge in [0.05, 0.1) is 6.61 Å². The summed E-state index contributed by atoms with van der Waals surface area (Å²) in [5.41, 5.74) is 4.54. The Morgan fingerprint density at radius 3 is 1.25 bits per heavy atom. The zero-order chi connectivity index (χ0) is 12.1. The number of hydrogen-bond donors (Lipinski definition) is 1. The van der Waals surface area contributed by atoms with E-state index >= 15 is 0 Å². The number of carbonyl (C=O) groups is 3. The maximum atomic E-state index is 9.60. The Labute approximate surface area is 138 Å². The topological polar surface area (TPSA) is 133 Å². The smallest absolute Gasteiger partial charge is 0.550 e. The molecule has 7 nitrogen and oxygen atoms in total. The number of amides is 1. The van der Waals surface area contributed by atoms with Gasteiger partial charge in [-0.15, -0.1) is 0 Å². The predicted octanol–water partition coefficient (Wildman–Crippen LogP) is -8.38. The van der Waals surface area contributed by atoms with Crippen LogP contribution in [-0.4, -0.2) is 24.6 Å². The van der Waals surface area contributed by atoms with Crippen LogP contribution in [0.3, 0.4) is 0 Å². The Morgan fingerprint density at radius 1 is 1.06 bits per heavy atom. The van der Waals surface area contributed by atoms with Gasteiger partial charge in [0.25, 0.3) is 0 Å². The van der Waals surface area contributed by atoms with Crippen LogP contribution in [0.5, 0.6) is 0 Å². The minimum absolute atomic E-state index is 0. The molecular weight excluding hydrogens is 240 g/mol. The van der Waals surface area contributed by atoms with E-state index in [2.05, 4.69) is 10.5 Å². The van der Waals surface area contributed by atoms with Gasteiger partial charge >= 0.3 is 65.2 Å². The van der Waals surface area contributed by atoms with Gasteiger partial charge < -0.3 is 30.3 Å². The van der Waals surface area contributed by atoms with E-state index in [1.54, 1.807) is 6.92 Å². The molecule has 0 aliphatic carbocycles. The third-order valence-electron chi connectivity index (χ3n) is 0.287. The van der Waals surface area contributed by atoms with Crippen LogP contribution >= 0.6 is 0 Å². The van der Waals surface area contributed by atoms with Crippen LogP contribution in [0, 0.1) is 0 Å². The molecule has 0 unspecified atom stereocenters. The van der Waals surface area contributed by atoms with Crippen molar-refractivity contribution in [1.29, 1.82) is 0 Å². The number of carboxylic acid groups (broad SMARTS) is 2. The van der Waals surface area contributed by atoms with Crippen molar-refractivity contribution < 1.29 is 88.4 Å². The second-order valence-corrected chi connectivity index (χ2v) is 1.74. The van der Waals surface area contributed by atoms with Crippen molar-refractivity contribution in [2.45, 2.75) is 20.8 Å². The van der Waals surface area contributed by atoms with Crippen molar-refractivity contribution in [2.24, 2.45) is 5.73 Å². The van der Waals surface area contributed by atoms with Gasteiger partial charge in [-0.25, -0.2) is 4.79 Å². The molecule has 0 aromatic heterocycles. The molecule has 2 N–H and O–H groups in total. The molecule has 0 saturated carbocycles. The van der Waals surface area contributed by atoms with Gasteiger partial charge in [-0.1, -0.05) is 0 Å². The molecule has 0 spiro atoms. The number of hydrogen-bond acceptors (Lipinski definition) is 6. The van der Waals surface area contributed by atoms with Crippen molar-refractivity contribution in [2.75, 3.05) is 6.61 Å². The van der Waals surface area contributed by atoms with Crippen molar-refractivity contribution >= 4 is 18.0 Å². The van der Waals surface area contributed by atoms with Crippen molar-refractivity contribution in [3.63, 3.8) is 0 Å². The summed E-state index contributed by atoms with van der Waals surface area (Å²) in [7, 11) is 0. The molecule has 0 bridgehead atoms. The molecule has 0 aliphatic heterocycles. The monoisotopic (exact) mass is 253 g/mol. The zero-order valence-corrected chi connectivity index (χ0v) is 14.2. The third kappa shape index (κ3) is 241. The Kier molecular flexibility index (Phi) is 45.6. The Balaban J connectivity index is -0.0000000367. The average molecular weight is 253 g/mol. The van der Waals surface area contributed by atoms with Crippen LogP contribution in [0.1, 0.15) is 20.8 Å². The summed E-state index contributed by atoms with van der Waals surface area (Å²) in [6.07, 6.45) is -0.711. The minimum Gasteiger partial charge on any atom is -0.550 e. The van der Waals surface area contributed by atoms with Crippen LogP contribution in [0.25, 0.3) is 0 Å². The summed E-state index contributed by atoms with van der Waals surface area (Å²) in [5, 5.41) is 17.8. The van der Waals surface area contributed by atoms with E-state index in [4.69, 9.17) is 19.8 Å². The largest absolute Gasteiger partial charge is 1.00 e. The number of ether oxygens (including phenoxy) is 1. The van der Waals surface area contributed by atoms with Crippen LogP contribution < -0.4 is 75.1 Å². The van der Waals surface area contributed by atoms with Gasteiger partial charge in [-0.05, 0) is 20.8 Å². The van der Waals surface area contributed by atoms with Crippen molar-refractivity contribution in [3.8, 4) is 0 Å². The number of rotatable bonds is 1. The summed E-state index contributed by atoms with van der Waals surface area (Å²) >= 11 is 0. The molecular formula is C7H13NNa2O6. The number of carbonyl (C=O) groups excluding carboxylic acids is 3. The van der Waals surface area contributed by atoms with E-state index in [9.17, 15) is 4.79 Å². The SMILES string of the molecule is CC(=O)[O-].CC(=O)[O-].CCOC(N)=O.[Na+].[Na+]. The fraction of sp³-hybridized carbons (Fsp3) is 0.571. The van der Waals surface area contributed by atoms with Gasteiger partial charge in [-0.2, -0.15) is 0 Å². The first kappa shape index (κ1) is 29.8. The molecule has 0 heterocycles. The summed E-state index contributed by atoms with van der Waals surface area (Å²) < 4.78 is 4.18. The third-order valence-corrected chi connectivity index (χ3v) is 0.287. The summed E-state index contributed by atoms with van der Waals surface area (Å²) in [6, 6.07) is 0. The average Bonchev–Trinajstić information content (AvgIpc) is 1.82. The fourth-order valence-corrected chi connectivity index (χ4v) is 0.142. The van der Waals surface area contributed by atoms with Crippen LogP contribution in [-0.2, 0) is 14.3 Å². The van der Waals surface area contributed by atoms with E-state index in [1.807, 2.05) is 0 Å². The first-order valence-corrected chi connectivity index (χ1v) is 3.51. The van der Waals surface area contributed by atoms with Crippen molar-refractivity contribution in [3.05, 3.63) is 0 Å². The molecule has 0 aromatic carbocycles. The second kappa shape index (κ2) is 24.4. The second-order valence-electron chi connectivity index (χ2n) is 1.74. The van der Waals surface area contributed by atoms with Gasteiger partial charge in [0, 0.05) is 11.9 Å². The van der Waals surface area contributed by atoms with Gasteiger partial charge in [-0.3, -0.25) is 0 Å². The molecule has 0 fully saturated rings. The number of carboxylic acids is 2. The van der Waals surface area contributed by atoms with Crippen LogP contribution in [0.2, 0.25) is 0 Å². The van der Waals surface area contributed by atoms with Crippen LogP contribution in [0.4, 0.5) is 4.79 Å². The van der Waals surface area contributed by atoms with Gasteiger partial charge in [0.2, 0.25) is 0 Å². The van der Waals surface area contributed by atoms with E-state index in [-0.39, 0.29) is 59.1 Å². The molecule has 0 radical (unpaired) electrons. The molecule has 1 amide bonds. The first-order chi connectivity index (χ1) is 6.23. The summed E-state index contributed by atoms with van der Waals surface area (Å²) in [4.78, 5) is 27.4. The molecule has 0 aromatic rings. The molecule has 0 saturated heterocycles. The van der Waals surface area contributed by atoms with E-state index in [0.717, 1.165) is 13.8 Å². The maximum Gasteiger partial charge on any atom is 1.00 e. The molecule has 0 rings (SSSR count). The summed E-state index contributed by atoms with van der Waals surface area (Å²) in [5.74, 6) is -2.17. The zero-order valence-electron chi connectivity index (χ0n) is 10.2. The van der Waals surface area contributed by atoms with Gasteiger partial charge in [0.1, 0.15) is 0 Å². The molecule has 84 valence electrons. The first-order valence-electron chi connectivity index (χ1n) is 3.51. The number of primary amides is 1. The Morgan fingerprint density at radius 2 is 1.25 bits per heavy atom. The molecule has 0 atom stereocenters. The quantitative estimate of drug-likeness (QED) is 0.461. The Hall–Kier alpha value is 0.210. The van der Waals surface area contributed by atoms with E-state index in [0.29, 0.717) is 6.61 Å². The standard InChI is InChI=1S/C3H7NO2.2C2H4O2.2Na/c1-2-6-3(4)5;2*1-2(3)4;;/h2H2,1H3,(H2,4,5);2*1H3,(H,3,4);;/q;;;2*+1/p-2. The van der Waals surface area contributed by atoms with Gasteiger partial charge in [0.15, 0.2) is 0 Å². The fourth-order valence-electron chi connectivity index (χ4n) is 0.142.